The molecule has 0 fully saturated rings. The smallest absolute Gasteiger partial charge is 0.339 e. The maximum Gasteiger partial charge on any atom is 0.339 e. The molecular formula is C15H20O3. The minimum absolute atomic E-state index is 0.289. The number of aliphatic hydroxyl groups excluding tert-OH is 1. The Morgan fingerprint density at radius 3 is 3.06 bits per heavy atom. The third-order valence-corrected chi connectivity index (χ3v) is 3.61. The van der Waals surface area contributed by atoms with Crippen molar-refractivity contribution >= 4 is 5.97 Å². The van der Waals surface area contributed by atoms with Crippen molar-refractivity contribution in [3.05, 3.63) is 34.9 Å². The lowest BCUT2D eigenvalue weighted by Crippen LogP contribution is -2.16. The zero-order chi connectivity index (χ0) is 13.1. The highest BCUT2D eigenvalue weighted by Crippen LogP contribution is 2.33. The maximum atomic E-state index is 11.5. The zero-order valence-electron chi connectivity index (χ0n) is 11.0. The van der Waals surface area contributed by atoms with Gasteiger partial charge in [0.15, 0.2) is 6.10 Å². The van der Waals surface area contributed by atoms with E-state index in [2.05, 4.69) is 6.92 Å². The highest BCUT2D eigenvalue weighted by Gasteiger charge is 2.22. The van der Waals surface area contributed by atoms with Gasteiger partial charge in [-0.25, -0.2) is 4.79 Å². The molecule has 0 aromatic heterocycles. The third-order valence-electron chi connectivity index (χ3n) is 3.61. The first-order valence-electron chi connectivity index (χ1n) is 6.61. The van der Waals surface area contributed by atoms with Gasteiger partial charge in [0.05, 0.1) is 6.61 Å². The number of carbonyl (C=O) groups excluding carboxylic acids is 1. The van der Waals surface area contributed by atoms with Crippen molar-refractivity contribution < 1.29 is 14.6 Å². The summed E-state index contributed by atoms with van der Waals surface area (Å²) in [7, 11) is 0. The summed E-state index contributed by atoms with van der Waals surface area (Å²) < 4.78 is 4.84. The Morgan fingerprint density at radius 1 is 1.56 bits per heavy atom. The second-order valence-electron chi connectivity index (χ2n) is 4.91. The van der Waals surface area contributed by atoms with Crippen molar-refractivity contribution in [3.8, 4) is 0 Å². The standard InChI is InChI=1S/C15H20O3/c1-3-18-15(17)14(16)12-8-7-11-6-4-5-10(2)13(11)9-12/h7-10,14,16H,3-6H2,1-2H3. The van der Waals surface area contributed by atoms with Crippen LogP contribution in [0, 0.1) is 0 Å². The highest BCUT2D eigenvalue weighted by molar-refractivity contribution is 5.76. The summed E-state index contributed by atoms with van der Waals surface area (Å²) in [4.78, 5) is 11.5. The monoisotopic (exact) mass is 248 g/mol. The molecule has 0 saturated heterocycles. The summed E-state index contributed by atoms with van der Waals surface area (Å²) in [6, 6.07) is 5.82. The van der Waals surface area contributed by atoms with E-state index in [0.29, 0.717) is 11.5 Å². The van der Waals surface area contributed by atoms with Crippen LogP contribution >= 0.6 is 0 Å². The second kappa shape index (κ2) is 5.53. The van der Waals surface area contributed by atoms with E-state index in [-0.39, 0.29) is 6.61 Å². The predicted molar refractivity (Wildman–Crippen MR) is 69.4 cm³/mol. The minimum atomic E-state index is -1.16. The molecule has 3 nitrogen and oxygen atoms in total. The van der Waals surface area contributed by atoms with Crippen molar-refractivity contribution in [3.63, 3.8) is 0 Å². The Kier molecular flexibility index (Phi) is 4.02. The molecule has 2 rings (SSSR count). The Hall–Kier alpha value is -1.35. The summed E-state index contributed by atoms with van der Waals surface area (Å²) in [6.07, 6.45) is 2.32. The number of benzene rings is 1. The van der Waals surface area contributed by atoms with Crippen molar-refractivity contribution in [1.29, 1.82) is 0 Å². The molecule has 0 radical (unpaired) electrons. The van der Waals surface area contributed by atoms with Crippen LogP contribution in [-0.4, -0.2) is 17.7 Å². The van der Waals surface area contributed by atoms with Crippen molar-refractivity contribution in [2.24, 2.45) is 0 Å². The van der Waals surface area contributed by atoms with Crippen LogP contribution in [-0.2, 0) is 16.0 Å². The second-order valence-corrected chi connectivity index (χ2v) is 4.91. The SMILES string of the molecule is CCOC(=O)C(O)c1ccc2c(c1)C(C)CCC2. The summed E-state index contributed by atoms with van der Waals surface area (Å²) in [5, 5.41) is 9.93. The third kappa shape index (κ3) is 2.56. The maximum absolute atomic E-state index is 11.5. The summed E-state index contributed by atoms with van der Waals surface area (Å²) >= 11 is 0. The van der Waals surface area contributed by atoms with Crippen LogP contribution in [0.25, 0.3) is 0 Å². The molecule has 1 aromatic carbocycles. The molecule has 0 heterocycles. The lowest BCUT2D eigenvalue weighted by atomic mass is 9.82. The van der Waals surface area contributed by atoms with Gasteiger partial charge in [0, 0.05) is 0 Å². The van der Waals surface area contributed by atoms with E-state index in [4.69, 9.17) is 4.74 Å². The first-order chi connectivity index (χ1) is 8.63. The van der Waals surface area contributed by atoms with E-state index in [1.54, 1.807) is 6.92 Å². The lowest BCUT2D eigenvalue weighted by Gasteiger charge is -2.23. The van der Waals surface area contributed by atoms with Gasteiger partial charge in [0.25, 0.3) is 0 Å². The quantitative estimate of drug-likeness (QED) is 0.837. The number of aryl methyl sites for hydroxylation is 1. The van der Waals surface area contributed by atoms with Crippen molar-refractivity contribution in [2.75, 3.05) is 6.61 Å². The first kappa shape index (κ1) is 13.1. The van der Waals surface area contributed by atoms with Crippen LogP contribution in [0.1, 0.15) is 55.4 Å². The van der Waals surface area contributed by atoms with Crippen LogP contribution in [0.15, 0.2) is 18.2 Å². The van der Waals surface area contributed by atoms with E-state index >= 15 is 0 Å². The first-order valence-corrected chi connectivity index (χ1v) is 6.61. The van der Waals surface area contributed by atoms with Crippen molar-refractivity contribution in [1.82, 2.24) is 0 Å². The summed E-state index contributed by atoms with van der Waals surface area (Å²) in [6.45, 7) is 4.22. The molecule has 0 spiro atoms. The van der Waals surface area contributed by atoms with Gasteiger partial charge >= 0.3 is 5.97 Å². The van der Waals surface area contributed by atoms with E-state index in [0.717, 1.165) is 6.42 Å². The van der Waals surface area contributed by atoms with E-state index < -0.39 is 12.1 Å². The fourth-order valence-corrected chi connectivity index (χ4v) is 2.58. The topological polar surface area (TPSA) is 46.5 Å². The highest BCUT2D eigenvalue weighted by atomic mass is 16.5. The molecule has 1 N–H and O–H groups in total. The van der Waals surface area contributed by atoms with E-state index in [1.807, 2.05) is 18.2 Å². The Balaban J connectivity index is 2.25. The number of hydrogen-bond donors (Lipinski definition) is 1. The molecule has 0 amide bonds. The van der Waals surface area contributed by atoms with E-state index in [1.165, 1.54) is 24.0 Å². The van der Waals surface area contributed by atoms with Gasteiger partial charge in [-0.3, -0.25) is 0 Å². The fraction of sp³-hybridized carbons (Fsp3) is 0.533. The molecule has 3 heteroatoms. The van der Waals surface area contributed by atoms with Crippen LogP contribution in [0.4, 0.5) is 0 Å². The molecule has 1 aliphatic rings. The lowest BCUT2D eigenvalue weighted by molar-refractivity contribution is -0.153. The molecule has 2 atom stereocenters. The van der Waals surface area contributed by atoms with E-state index in [9.17, 15) is 9.90 Å². The number of aliphatic hydroxyl groups is 1. The van der Waals surface area contributed by atoms with Gasteiger partial charge in [-0.15, -0.1) is 0 Å². The molecule has 0 saturated carbocycles. The number of carbonyl (C=O) groups is 1. The van der Waals surface area contributed by atoms with Gasteiger partial charge < -0.3 is 9.84 Å². The molecule has 0 bridgehead atoms. The molecule has 18 heavy (non-hydrogen) atoms. The number of fused-ring (bicyclic) bond motifs is 1. The normalized spacial score (nSPS) is 20.1. The van der Waals surface area contributed by atoms with Crippen LogP contribution in [0.3, 0.4) is 0 Å². The van der Waals surface area contributed by atoms with Gasteiger partial charge in [-0.05, 0) is 48.8 Å². The van der Waals surface area contributed by atoms with Crippen LogP contribution in [0.5, 0.6) is 0 Å². The van der Waals surface area contributed by atoms with Crippen LogP contribution < -0.4 is 0 Å². The molecule has 1 aromatic rings. The predicted octanol–water partition coefficient (Wildman–Crippen LogP) is 2.72. The van der Waals surface area contributed by atoms with Gasteiger partial charge in [0.1, 0.15) is 0 Å². The molecule has 0 aliphatic heterocycles. The van der Waals surface area contributed by atoms with Gasteiger partial charge in [-0.2, -0.15) is 0 Å². The van der Waals surface area contributed by atoms with Crippen LogP contribution in [0.2, 0.25) is 0 Å². The Bertz CT molecular complexity index is 439. The molecule has 1 aliphatic carbocycles. The number of rotatable bonds is 3. The largest absolute Gasteiger partial charge is 0.464 e. The molecule has 98 valence electrons. The average Bonchev–Trinajstić information content (AvgIpc) is 2.38. The number of ether oxygens (including phenoxy) is 1. The van der Waals surface area contributed by atoms with Crippen molar-refractivity contribution in [2.45, 2.75) is 45.1 Å². The summed E-state index contributed by atoms with van der Waals surface area (Å²) in [5.41, 5.74) is 3.25. The average molecular weight is 248 g/mol. The number of hydrogen-bond acceptors (Lipinski definition) is 3. The molecular weight excluding hydrogens is 228 g/mol. The van der Waals surface area contributed by atoms with Gasteiger partial charge in [-0.1, -0.05) is 25.1 Å². The Morgan fingerprint density at radius 2 is 2.33 bits per heavy atom. The van der Waals surface area contributed by atoms with Gasteiger partial charge in [0.2, 0.25) is 0 Å². The summed E-state index contributed by atoms with van der Waals surface area (Å²) in [5.74, 6) is -0.0657. The Labute approximate surface area is 108 Å². The zero-order valence-corrected chi connectivity index (χ0v) is 11.0. The fourth-order valence-electron chi connectivity index (χ4n) is 2.58. The number of esters is 1. The minimum Gasteiger partial charge on any atom is -0.464 e. The molecule has 2 unspecified atom stereocenters.